The highest BCUT2D eigenvalue weighted by Crippen LogP contribution is 2.08. The standard InChI is InChI=1S/C16H22N4O4/c1-16(2,3)24-15(22)19-13(9-10-18-20-17)14(21)23-11-12-7-5-4-6-8-12/h4-8,13H,9-11H2,1-3H3,(H,19,22)/t13-/m0/s1. The Bertz CT molecular complexity index is 592. The summed E-state index contributed by atoms with van der Waals surface area (Å²) in [6.45, 7) is 5.30. The summed E-state index contributed by atoms with van der Waals surface area (Å²) in [6, 6.07) is 8.22. The molecular weight excluding hydrogens is 312 g/mol. The van der Waals surface area contributed by atoms with Crippen LogP contribution in [0.2, 0.25) is 0 Å². The number of nitrogens with one attached hydrogen (secondary N) is 1. The van der Waals surface area contributed by atoms with Crippen molar-refractivity contribution >= 4 is 12.1 Å². The molecule has 0 spiro atoms. The van der Waals surface area contributed by atoms with Gasteiger partial charge < -0.3 is 14.8 Å². The van der Waals surface area contributed by atoms with Crippen LogP contribution in [0.15, 0.2) is 35.4 Å². The van der Waals surface area contributed by atoms with Gasteiger partial charge in [0.2, 0.25) is 0 Å². The van der Waals surface area contributed by atoms with E-state index in [0.717, 1.165) is 5.56 Å². The van der Waals surface area contributed by atoms with Gasteiger partial charge in [0.25, 0.3) is 0 Å². The molecule has 0 saturated heterocycles. The first-order valence-electron chi connectivity index (χ1n) is 7.53. The molecule has 0 heterocycles. The number of hydrogen-bond donors (Lipinski definition) is 1. The number of carbonyl (C=O) groups excluding carboxylic acids is 2. The number of alkyl carbamates (subject to hydrolysis) is 1. The molecule has 0 fully saturated rings. The SMILES string of the molecule is CC(C)(C)OC(=O)N[C@@H](CCN=[N+]=[N-])C(=O)OCc1ccccc1. The summed E-state index contributed by atoms with van der Waals surface area (Å²) in [6.07, 6.45) is -0.609. The molecule has 0 bridgehead atoms. The van der Waals surface area contributed by atoms with Gasteiger partial charge in [0.15, 0.2) is 0 Å². The van der Waals surface area contributed by atoms with Gasteiger partial charge in [-0.1, -0.05) is 35.4 Å². The van der Waals surface area contributed by atoms with Crippen molar-refractivity contribution in [1.29, 1.82) is 0 Å². The summed E-state index contributed by atoms with van der Waals surface area (Å²) in [5.74, 6) is -0.613. The summed E-state index contributed by atoms with van der Waals surface area (Å²) in [4.78, 5) is 26.6. The minimum atomic E-state index is -0.950. The molecule has 1 rings (SSSR count). The number of esters is 1. The Balaban J connectivity index is 2.63. The van der Waals surface area contributed by atoms with Crippen molar-refractivity contribution in [3.63, 3.8) is 0 Å². The first-order chi connectivity index (χ1) is 11.3. The van der Waals surface area contributed by atoms with Crippen molar-refractivity contribution in [2.45, 2.75) is 45.4 Å². The highest BCUT2D eigenvalue weighted by Gasteiger charge is 2.25. The number of hydrogen-bond acceptors (Lipinski definition) is 5. The summed E-state index contributed by atoms with van der Waals surface area (Å²) in [5, 5.41) is 5.82. The molecule has 1 amide bonds. The second kappa shape index (κ2) is 9.42. The Labute approximate surface area is 140 Å². The molecular formula is C16H22N4O4. The van der Waals surface area contributed by atoms with E-state index in [1.807, 2.05) is 30.3 Å². The quantitative estimate of drug-likeness (QED) is 0.356. The Kier molecular flexibility index (Phi) is 7.58. The lowest BCUT2D eigenvalue weighted by molar-refractivity contribution is -0.147. The Hall–Kier alpha value is -2.73. The van der Waals surface area contributed by atoms with E-state index in [-0.39, 0.29) is 19.6 Å². The van der Waals surface area contributed by atoms with Crippen molar-refractivity contribution in [3.8, 4) is 0 Å². The molecule has 0 aliphatic carbocycles. The number of rotatable bonds is 7. The highest BCUT2D eigenvalue weighted by atomic mass is 16.6. The molecule has 0 aromatic heterocycles. The van der Waals surface area contributed by atoms with E-state index >= 15 is 0 Å². The largest absolute Gasteiger partial charge is 0.459 e. The zero-order valence-electron chi connectivity index (χ0n) is 14.1. The van der Waals surface area contributed by atoms with Crippen LogP contribution in [0, 0.1) is 0 Å². The molecule has 1 atom stereocenters. The van der Waals surface area contributed by atoms with Crippen molar-refractivity contribution in [1.82, 2.24) is 5.32 Å². The van der Waals surface area contributed by atoms with Crippen LogP contribution in [-0.4, -0.2) is 30.3 Å². The Morgan fingerprint density at radius 1 is 1.29 bits per heavy atom. The van der Waals surface area contributed by atoms with Crippen LogP contribution < -0.4 is 5.32 Å². The molecule has 130 valence electrons. The zero-order chi connectivity index (χ0) is 18.0. The monoisotopic (exact) mass is 334 g/mol. The van der Waals surface area contributed by atoms with Crippen LogP contribution >= 0.6 is 0 Å². The minimum Gasteiger partial charge on any atom is -0.459 e. The van der Waals surface area contributed by atoms with Crippen LogP contribution in [0.1, 0.15) is 32.8 Å². The molecule has 1 aromatic carbocycles. The normalized spacial score (nSPS) is 11.8. The lowest BCUT2D eigenvalue weighted by Crippen LogP contribution is -2.44. The van der Waals surface area contributed by atoms with Crippen molar-refractivity contribution in [3.05, 3.63) is 46.3 Å². The first-order valence-corrected chi connectivity index (χ1v) is 7.53. The first kappa shape index (κ1) is 19.3. The van der Waals surface area contributed by atoms with E-state index in [2.05, 4.69) is 15.3 Å². The van der Waals surface area contributed by atoms with Crippen LogP contribution in [-0.2, 0) is 20.9 Å². The maximum atomic E-state index is 12.2. The molecule has 0 unspecified atom stereocenters. The number of carbonyl (C=O) groups is 2. The van der Waals surface area contributed by atoms with E-state index in [9.17, 15) is 9.59 Å². The van der Waals surface area contributed by atoms with Gasteiger partial charge in [-0.05, 0) is 38.3 Å². The highest BCUT2D eigenvalue weighted by molar-refractivity contribution is 5.81. The number of ether oxygens (including phenoxy) is 2. The summed E-state index contributed by atoms with van der Waals surface area (Å²) >= 11 is 0. The summed E-state index contributed by atoms with van der Waals surface area (Å²) < 4.78 is 10.3. The van der Waals surface area contributed by atoms with Gasteiger partial charge in [0, 0.05) is 11.5 Å². The predicted octanol–water partition coefficient (Wildman–Crippen LogP) is 3.32. The maximum absolute atomic E-state index is 12.2. The molecule has 24 heavy (non-hydrogen) atoms. The number of benzene rings is 1. The molecule has 0 aliphatic heterocycles. The average molecular weight is 334 g/mol. The van der Waals surface area contributed by atoms with Crippen LogP contribution in [0.4, 0.5) is 4.79 Å². The fraction of sp³-hybridized carbons (Fsp3) is 0.500. The minimum absolute atomic E-state index is 0.0530. The number of nitrogens with zero attached hydrogens (tertiary/aromatic N) is 3. The molecule has 1 N–H and O–H groups in total. The predicted molar refractivity (Wildman–Crippen MR) is 88.0 cm³/mol. The molecule has 8 heteroatoms. The van der Waals surface area contributed by atoms with Gasteiger partial charge in [0.05, 0.1) is 0 Å². The van der Waals surface area contributed by atoms with E-state index in [1.165, 1.54) is 0 Å². The van der Waals surface area contributed by atoms with Gasteiger partial charge in [-0.25, -0.2) is 9.59 Å². The second-order valence-electron chi connectivity index (χ2n) is 6.04. The zero-order valence-corrected chi connectivity index (χ0v) is 14.1. The number of amides is 1. The fourth-order valence-corrected chi connectivity index (χ4v) is 1.76. The third-order valence-electron chi connectivity index (χ3n) is 2.78. The molecule has 1 aromatic rings. The van der Waals surface area contributed by atoms with Crippen molar-refractivity contribution < 1.29 is 19.1 Å². The van der Waals surface area contributed by atoms with Crippen LogP contribution in [0.3, 0.4) is 0 Å². The van der Waals surface area contributed by atoms with Gasteiger partial charge in [-0.15, -0.1) is 0 Å². The van der Waals surface area contributed by atoms with Crippen molar-refractivity contribution in [2.75, 3.05) is 6.54 Å². The summed E-state index contributed by atoms with van der Waals surface area (Å²) in [7, 11) is 0. The lowest BCUT2D eigenvalue weighted by atomic mass is 10.2. The maximum Gasteiger partial charge on any atom is 0.408 e. The van der Waals surface area contributed by atoms with Gasteiger partial charge in [-0.2, -0.15) is 0 Å². The van der Waals surface area contributed by atoms with Crippen LogP contribution in [0.5, 0.6) is 0 Å². The second-order valence-corrected chi connectivity index (χ2v) is 6.04. The van der Waals surface area contributed by atoms with Crippen LogP contribution in [0.25, 0.3) is 10.4 Å². The number of azide groups is 1. The summed E-state index contributed by atoms with van der Waals surface area (Å²) in [5.41, 5.74) is 8.48. The van der Waals surface area contributed by atoms with E-state index in [1.54, 1.807) is 20.8 Å². The lowest BCUT2D eigenvalue weighted by Gasteiger charge is -2.22. The molecule has 0 saturated carbocycles. The fourth-order valence-electron chi connectivity index (χ4n) is 1.76. The van der Waals surface area contributed by atoms with E-state index < -0.39 is 23.7 Å². The van der Waals surface area contributed by atoms with Gasteiger partial charge in [0.1, 0.15) is 18.2 Å². The topological polar surface area (TPSA) is 113 Å². The third kappa shape index (κ3) is 8.05. The van der Waals surface area contributed by atoms with Gasteiger partial charge in [-0.3, -0.25) is 0 Å². The molecule has 0 aliphatic rings. The van der Waals surface area contributed by atoms with Crippen molar-refractivity contribution in [2.24, 2.45) is 5.11 Å². The van der Waals surface area contributed by atoms with Gasteiger partial charge >= 0.3 is 12.1 Å². The Morgan fingerprint density at radius 2 is 1.96 bits per heavy atom. The molecule has 0 radical (unpaired) electrons. The third-order valence-corrected chi connectivity index (χ3v) is 2.78. The van der Waals surface area contributed by atoms with E-state index in [4.69, 9.17) is 15.0 Å². The molecule has 8 nitrogen and oxygen atoms in total. The smallest absolute Gasteiger partial charge is 0.408 e. The van der Waals surface area contributed by atoms with E-state index in [0.29, 0.717) is 0 Å². The average Bonchev–Trinajstić information content (AvgIpc) is 2.51. The Morgan fingerprint density at radius 3 is 2.54 bits per heavy atom.